The fraction of sp³-hybridized carbons (Fsp3) is 0.147. The first-order valence-corrected chi connectivity index (χ1v) is 12.9. The zero-order valence-corrected chi connectivity index (χ0v) is 21.1. The van der Waals surface area contributed by atoms with Crippen molar-refractivity contribution in [3.63, 3.8) is 0 Å². The first-order chi connectivity index (χ1) is 18.2. The van der Waals surface area contributed by atoms with Gasteiger partial charge >= 0.3 is 0 Å². The van der Waals surface area contributed by atoms with E-state index in [0.717, 1.165) is 23.1 Å². The van der Waals surface area contributed by atoms with E-state index >= 15 is 0 Å². The molecule has 0 spiro atoms. The van der Waals surface area contributed by atoms with E-state index in [0.29, 0.717) is 19.6 Å². The Kier molecular flexibility index (Phi) is 7.47. The monoisotopic (exact) mass is 484 g/mol. The van der Waals surface area contributed by atoms with Gasteiger partial charge in [-0.15, -0.1) is 0 Å². The van der Waals surface area contributed by atoms with Gasteiger partial charge in [0.25, 0.3) is 0 Å². The Hall–Kier alpha value is -3.76. The Labute approximate surface area is 220 Å². The molecule has 0 saturated carbocycles. The van der Waals surface area contributed by atoms with Crippen LogP contribution in [-0.4, -0.2) is 0 Å². The lowest BCUT2D eigenvalue weighted by Crippen LogP contribution is -2.35. The van der Waals surface area contributed by atoms with Crippen LogP contribution in [0.15, 0.2) is 127 Å². The van der Waals surface area contributed by atoms with Gasteiger partial charge in [-0.2, -0.15) is 0 Å². The van der Waals surface area contributed by atoms with E-state index in [-0.39, 0.29) is 0 Å². The standard InChI is InChI=1S/C34H34N3/c35-22-27-9-4-12-30(19-27)34(31-13-5-10-28(20-31)23-36,32-14-6-11-29(21-32)24-37)33-16-15-26(18-33)17-25-7-2-1-3-8-25/h1-16,18-21H,17,22-24,35-37H2. The Morgan fingerprint density at radius 1 is 0.486 bits per heavy atom. The second kappa shape index (κ2) is 11.1. The number of nitrogens with two attached hydrogens (primary N) is 3. The van der Waals surface area contributed by atoms with E-state index in [1.165, 1.54) is 33.7 Å². The molecule has 0 fully saturated rings. The normalized spacial score (nSPS) is 13.6. The molecule has 0 aliphatic heterocycles. The molecule has 0 unspecified atom stereocenters. The van der Waals surface area contributed by atoms with Gasteiger partial charge in [-0.25, -0.2) is 0 Å². The van der Waals surface area contributed by atoms with Crippen LogP contribution in [0.4, 0.5) is 0 Å². The molecule has 4 aromatic carbocycles. The number of rotatable bonds is 9. The van der Waals surface area contributed by atoms with Crippen molar-refractivity contribution >= 4 is 0 Å². The van der Waals surface area contributed by atoms with Crippen molar-refractivity contribution in [1.82, 2.24) is 0 Å². The maximum atomic E-state index is 6.13. The van der Waals surface area contributed by atoms with Crippen LogP contribution in [0.3, 0.4) is 0 Å². The average Bonchev–Trinajstić information content (AvgIpc) is 3.43. The van der Waals surface area contributed by atoms with Crippen molar-refractivity contribution in [3.8, 4) is 0 Å². The second-order valence-electron chi connectivity index (χ2n) is 9.63. The lowest BCUT2D eigenvalue weighted by molar-refractivity contribution is 0.686. The SMILES string of the molecule is NCc1cccc(C([C]2C=CC(Cc3ccccc3)=C2)(c2cccc(CN)c2)c2cccc(CN)c2)c1. The molecule has 0 heterocycles. The van der Waals surface area contributed by atoms with Gasteiger partial charge in [-0.1, -0.05) is 121 Å². The summed E-state index contributed by atoms with van der Waals surface area (Å²) in [6, 6.07) is 36.6. The van der Waals surface area contributed by atoms with Crippen LogP contribution < -0.4 is 17.2 Å². The summed E-state index contributed by atoms with van der Waals surface area (Å²) in [4.78, 5) is 0. The van der Waals surface area contributed by atoms with E-state index in [9.17, 15) is 0 Å². The van der Waals surface area contributed by atoms with Gasteiger partial charge in [0.1, 0.15) is 0 Å². The molecule has 4 aromatic rings. The van der Waals surface area contributed by atoms with Gasteiger partial charge in [0.2, 0.25) is 0 Å². The molecule has 0 aromatic heterocycles. The molecule has 185 valence electrons. The third-order valence-electron chi connectivity index (χ3n) is 7.29. The minimum atomic E-state index is -0.559. The molecule has 1 aliphatic rings. The van der Waals surface area contributed by atoms with Gasteiger partial charge in [-0.3, -0.25) is 0 Å². The van der Waals surface area contributed by atoms with Crippen molar-refractivity contribution < 1.29 is 0 Å². The van der Waals surface area contributed by atoms with E-state index in [1.807, 2.05) is 0 Å². The summed E-state index contributed by atoms with van der Waals surface area (Å²) in [5.74, 6) is 1.22. The molecule has 5 rings (SSSR count). The van der Waals surface area contributed by atoms with Gasteiger partial charge < -0.3 is 17.2 Å². The second-order valence-corrected chi connectivity index (χ2v) is 9.63. The maximum absolute atomic E-state index is 6.13. The highest BCUT2D eigenvalue weighted by molar-refractivity contribution is 5.65. The summed E-state index contributed by atoms with van der Waals surface area (Å²) in [7, 11) is 0. The van der Waals surface area contributed by atoms with Crippen LogP contribution in [0.25, 0.3) is 0 Å². The largest absolute Gasteiger partial charge is 0.326 e. The minimum absolute atomic E-state index is 0.482. The highest BCUT2D eigenvalue weighted by atomic mass is 14.5. The Balaban J connectivity index is 1.77. The first-order valence-electron chi connectivity index (χ1n) is 12.9. The van der Waals surface area contributed by atoms with E-state index < -0.39 is 5.41 Å². The molecule has 1 aliphatic carbocycles. The predicted octanol–water partition coefficient (Wildman–Crippen LogP) is 5.71. The predicted molar refractivity (Wildman–Crippen MR) is 153 cm³/mol. The van der Waals surface area contributed by atoms with Crippen LogP contribution in [-0.2, 0) is 31.5 Å². The fourth-order valence-electron chi connectivity index (χ4n) is 5.46. The van der Waals surface area contributed by atoms with Crippen molar-refractivity contribution in [2.24, 2.45) is 17.2 Å². The lowest BCUT2D eigenvalue weighted by Gasteiger charge is -2.40. The zero-order valence-electron chi connectivity index (χ0n) is 21.1. The molecule has 6 N–H and O–H groups in total. The zero-order chi connectivity index (χ0) is 25.7. The molecular weight excluding hydrogens is 450 g/mol. The lowest BCUT2D eigenvalue weighted by atomic mass is 9.61. The molecule has 0 amide bonds. The molecular formula is C34H34N3. The van der Waals surface area contributed by atoms with Gasteiger partial charge in [0, 0.05) is 25.6 Å². The number of allylic oxidation sites excluding steroid dienone is 4. The molecule has 0 atom stereocenters. The third-order valence-corrected chi connectivity index (χ3v) is 7.29. The first kappa shape index (κ1) is 24.9. The van der Waals surface area contributed by atoms with Crippen LogP contribution in [0, 0.1) is 5.92 Å². The van der Waals surface area contributed by atoms with Gasteiger partial charge in [0.05, 0.1) is 5.41 Å². The van der Waals surface area contributed by atoms with Crippen LogP contribution in [0.2, 0.25) is 0 Å². The highest BCUT2D eigenvalue weighted by Crippen LogP contribution is 2.50. The minimum Gasteiger partial charge on any atom is -0.326 e. The molecule has 3 heteroatoms. The van der Waals surface area contributed by atoms with Crippen molar-refractivity contribution in [1.29, 1.82) is 0 Å². The van der Waals surface area contributed by atoms with E-state index in [1.54, 1.807) is 0 Å². The van der Waals surface area contributed by atoms with Crippen molar-refractivity contribution in [2.75, 3.05) is 0 Å². The highest BCUT2D eigenvalue weighted by Gasteiger charge is 2.43. The Morgan fingerprint density at radius 3 is 1.41 bits per heavy atom. The van der Waals surface area contributed by atoms with Gasteiger partial charge in [0.15, 0.2) is 0 Å². The summed E-state index contributed by atoms with van der Waals surface area (Å²) in [5, 5.41) is 0. The number of hydrogen-bond acceptors (Lipinski definition) is 3. The maximum Gasteiger partial charge on any atom is 0.0589 e. The smallest absolute Gasteiger partial charge is 0.0589 e. The van der Waals surface area contributed by atoms with Crippen molar-refractivity contribution in [3.05, 3.63) is 172 Å². The fourth-order valence-corrected chi connectivity index (χ4v) is 5.46. The number of benzene rings is 4. The van der Waals surface area contributed by atoms with Crippen LogP contribution in [0.5, 0.6) is 0 Å². The summed E-state index contributed by atoms with van der Waals surface area (Å²) in [5.41, 5.74) is 27.2. The molecule has 1 radical (unpaired) electrons. The molecule has 3 nitrogen and oxygen atoms in total. The average molecular weight is 485 g/mol. The number of hydrogen-bond donors (Lipinski definition) is 3. The molecule has 0 bridgehead atoms. The van der Waals surface area contributed by atoms with E-state index in [4.69, 9.17) is 17.2 Å². The van der Waals surface area contributed by atoms with Crippen molar-refractivity contribution in [2.45, 2.75) is 31.5 Å². The van der Waals surface area contributed by atoms with Crippen LogP contribution >= 0.6 is 0 Å². The Morgan fingerprint density at radius 2 is 0.946 bits per heavy atom. The van der Waals surface area contributed by atoms with E-state index in [2.05, 4.69) is 121 Å². The summed E-state index contributed by atoms with van der Waals surface area (Å²) in [6.07, 6.45) is 7.76. The summed E-state index contributed by atoms with van der Waals surface area (Å²) >= 11 is 0. The molecule has 0 saturated heterocycles. The quantitative estimate of drug-likeness (QED) is 0.266. The molecule has 37 heavy (non-hydrogen) atoms. The third kappa shape index (κ3) is 4.94. The summed E-state index contributed by atoms with van der Waals surface area (Å²) in [6.45, 7) is 1.45. The Bertz CT molecular complexity index is 1300. The topological polar surface area (TPSA) is 78.1 Å². The van der Waals surface area contributed by atoms with Crippen LogP contribution in [0.1, 0.15) is 38.9 Å². The summed E-state index contributed by atoms with van der Waals surface area (Å²) < 4.78 is 0. The van der Waals surface area contributed by atoms with Gasteiger partial charge in [-0.05, 0) is 50.9 Å².